The van der Waals surface area contributed by atoms with E-state index < -0.39 is 0 Å². The molecule has 2 aliphatic rings. The Balaban J connectivity index is 1.88. The summed E-state index contributed by atoms with van der Waals surface area (Å²) in [5.74, 6) is 1.31. The molecule has 1 saturated heterocycles. The minimum absolute atomic E-state index is 0.117. The van der Waals surface area contributed by atoms with Crippen LogP contribution in [0.3, 0.4) is 0 Å². The molecule has 2 rings (SSSR count). The number of likely N-dealkylation sites (tertiary alicyclic amines) is 1. The first-order valence-electron chi connectivity index (χ1n) is 9.30. The van der Waals surface area contributed by atoms with Gasteiger partial charge < -0.3 is 9.80 Å². The summed E-state index contributed by atoms with van der Waals surface area (Å²) >= 11 is 0. The van der Waals surface area contributed by atoms with Crippen molar-refractivity contribution in [3.05, 3.63) is 0 Å². The molecule has 1 saturated carbocycles. The fourth-order valence-electron chi connectivity index (χ4n) is 3.29. The predicted octanol–water partition coefficient (Wildman–Crippen LogP) is 3.31. The molecule has 4 nitrogen and oxygen atoms in total. The fraction of sp³-hybridized carbons (Fsp3) is 0.895. The first kappa shape index (κ1) is 18.3. The molecule has 132 valence electrons. The van der Waals surface area contributed by atoms with Crippen LogP contribution in [0.4, 0.5) is 0 Å². The Bertz CT molecular complexity index is 427. The van der Waals surface area contributed by atoms with E-state index in [1.165, 1.54) is 12.8 Å². The second kappa shape index (κ2) is 7.23. The number of hydrogen-bond donors (Lipinski definition) is 0. The third-order valence-corrected chi connectivity index (χ3v) is 4.99. The maximum absolute atomic E-state index is 12.9. The van der Waals surface area contributed by atoms with Gasteiger partial charge in [0.05, 0.1) is 0 Å². The van der Waals surface area contributed by atoms with Crippen LogP contribution in [0.15, 0.2) is 0 Å². The van der Waals surface area contributed by atoms with Crippen molar-refractivity contribution in [2.75, 3.05) is 19.6 Å². The van der Waals surface area contributed by atoms with Crippen molar-refractivity contribution >= 4 is 11.8 Å². The summed E-state index contributed by atoms with van der Waals surface area (Å²) in [4.78, 5) is 29.3. The maximum Gasteiger partial charge on any atom is 0.227 e. The molecule has 1 aliphatic carbocycles. The fourth-order valence-corrected chi connectivity index (χ4v) is 3.29. The van der Waals surface area contributed by atoms with E-state index >= 15 is 0 Å². The molecule has 0 spiro atoms. The highest BCUT2D eigenvalue weighted by Gasteiger charge is 2.38. The largest absolute Gasteiger partial charge is 0.342 e. The van der Waals surface area contributed by atoms with Crippen LogP contribution >= 0.6 is 0 Å². The van der Waals surface area contributed by atoms with Crippen molar-refractivity contribution in [2.24, 2.45) is 17.3 Å². The summed E-state index contributed by atoms with van der Waals surface area (Å²) in [7, 11) is 0. The molecule has 0 aromatic rings. The van der Waals surface area contributed by atoms with Crippen LogP contribution in [0, 0.1) is 17.3 Å². The minimum Gasteiger partial charge on any atom is -0.342 e. The zero-order valence-electron chi connectivity index (χ0n) is 15.6. The van der Waals surface area contributed by atoms with Gasteiger partial charge >= 0.3 is 0 Å². The van der Waals surface area contributed by atoms with Gasteiger partial charge in [0.25, 0.3) is 0 Å². The van der Waals surface area contributed by atoms with Gasteiger partial charge in [0.2, 0.25) is 11.8 Å². The molecular formula is C19H34N2O2. The molecule has 0 radical (unpaired) electrons. The topological polar surface area (TPSA) is 40.6 Å². The molecule has 0 unspecified atom stereocenters. The van der Waals surface area contributed by atoms with E-state index in [0.717, 1.165) is 38.9 Å². The van der Waals surface area contributed by atoms with Gasteiger partial charge in [-0.05, 0) is 38.0 Å². The van der Waals surface area contributed by atoms with Crippen molar-refractivity contribution in [1.29, 1.82) is 0 Å². The SMILES string of the molecule is CC(C)CCN(C(=O)C1CCN(C(=O)C(C)(C)C)CC1)C1CC1. The third kappa shape index (κ3) is 4.95. The number of nitrogens with zero attached hydrogens (tertiary/aromatic N) is 2. The smallest absolute Gasteiger partial charge is 0.227 e. The highest BCUT2D eigenvalue weighted by molar-refractivity contribution is 5.83. The first-order chi connectivity index (χ1) is 10.7. The lowest BCUT2D eigenvalue weighted by atomic mass is 9.90. The Labute approximate surface area is 141 Å². The average Bonchev–Trinajstić information content (AvgIpc) is 3.30. The van der Waals surface area contributed by atoms with E-state index in [2.05, 4.69) is 18.7 Å². The number of hydrogen-bond acceptors (Lipinski definition) is 2. The molecule has 1 aliphatic heterocycles. The normalized spacial score (nSPS) is 20.0. The summed E-state index contributed by atoms with van der Waals surface area (Å²) in [6.07, 6.45) is 5.08. The molecule has 0 aromatic carbocycles. The monoisotopic (exact) mass is 322 g/mol. The van der Waals surface area contributed by atoms with Gasteiger partial charge in [0.15, 0.2) is 0 Å². The van der Waals surface area contributed by atoms with Crippen LogP contribution in [-0.2, 0) is 9.59 Å². The Kier molecular flexibility index (Phi) is 5.74. The highest BCUT2D eigenvalue weighted by Crippen LogP contribution is 2.31. The second-order valence-corrected chi connectivity index (χ2v) is 8.76. The van der Waals surface area contributed by atoms with Crippen LogP contribution in [0.25, 0.3) is 0 Å². The average molecular weight is 322 g/mol. The maximum atomic E-state index is 12.9. The molecule has 23 heavy (non-hydrogen) atoms. The zero-order valence-corrected chi connectivity index (χ0v) is 15.6. The van der Waals surface area contributed by atoms with Crippen LogP contribution < -0.4 is 0 Å². The standard InChI is InChI=1S/C19H34N2O2/c1-14(2)8-13-21(16-6-7-16)17(22)15-9-11-20(12-10-15)18(23)19(3,4)5/h14-16H,6-13H2,1-5H3. The van der Waals surface area contributed by atoms with E-state index in [9.17, 15) is 9.59 Å². The predicted molar refractivity (Wildman–Crippen MR) is 92.9 cm³/mol. The lowest BCUT2D eigenvalue weighted by Crippen LogP contribution is -2.48. The summed E-state index contributed by atoms with van der Waals surface area (Å²) in [6.45, 7) is 12.7. The Morgan fingerprint density at radius 3 is 2.09 bits per heavy atom. The lowest BCUT2D eigenvalue weighted by Gasteiger charge is -2.37. The van der Waals surface area contributed by atoms with Crippen LogP contribution in [-0.4, -0.2) is 47.3 Å². The van der Waals surface area contributed by atoms with Crippen molar-refractivity contribution in [2.45, 2.75) is 72.8 Å². The van der Waals surface area contributed by atoms with Crippen molar-refractivity contribution in [1.82, 2.24) is 9.80 Å². The second-order valence-electron chi connectivity index (χ2n) is 8.76. The Hall–Kier alpha value is -1.06. The Morgan fingerprint density at radius 2 is 1.65 bits per heavy atom. The van der Waals surface area contributed by atoms with E-state index in [0.29, 0.717) is 17.9 Å². The lowest BCUT2D eigenvalue weighted by molar-refractivity contribution is -0.145. The molecule has 0 aromatic heterocycles. The van der Waals surface area contributed by atoms with Crippen molar-refractivity contribution in [3.8, 4) is 0 Å². The molecule has 1 heterocycles. The quantitative estimate of drug-likeness (QED) is 0.779. The molecule has 0 bridgehead atoms. The number of carbonyl (C=O) groups is 2. The number of rotatable bonds is 5. The third-order valence-electron chi connectivity index (χ3n) is 4.99. The summed E-state index contributed by atoms with van der Waals surface area (Å²) in [5, 5.41) is 0. The number of piperidine rings is 1. The van der Waals surface area contributed by atoms with Crippen LogP contribution in [0.2, 0.25) is 0 Å². The van der Waals surface area contributed by atoms with Gasteiger partial charge in [0.1, 0.15) is 0 Å². The summed E-state index contributed by atoms with van der Waals surface area (Å²) in [5.41, 5.74) is -0.325. The first-order valence-corrected chi connectivity index (χ1v) is 9.30. The Morgan fingerprint density at radius 1 is 1.09 bits per heavy atom. The molecule has 4 heteroatoms. The minimum atomic E-state index is -0.325. The van der Waals surface area contributed by atoms with E-state index in [-0.39, 0.29) is 17.2 Å². The van der Waals surface area contributed by atoms with Gasteiger partial charge in [-0.1, -0.05) is 34.6 Å². The molecular weight excluding hydrogens is 288 g/mol. The molecule has 2 amide bonds. The number of amides is 2. The van der Waals surface area contributed by atoms with Crippen LogP contribution in [0.1, 0.15) is 66.7 Å². The summed E-state index contributed by atoms with van der Waals surface area (Å²) in [6, 6.07) is 0.496. The molecule has 0 atom stereocenters. The van der Waals surface area contributed by atoms with Gasteiger partial charge in [0, 0.05) is 37.0 Å². The van der Waals surface area contributed by atoms with Crippen molar-refractivity contribution in [3.63, 3.8) is 0 Å². The van der Waals surface area contributed by atoms with Gasteiger partial charge in [-0.15, -0.1) is 0 Å². The zero-order chi connectivity index (χ0) is 17.2. The summed E-state index contributed by atoms with van der Waals surface area (Å²) < 4.78 is 0. The van der Waals surface area contributed by atoms with Gasteiger partial charge in [-0.3, -0.25) is 9.59 Å². The van der Waals surface area contributed by atoms with Crippen molar-refractivity contribution < 1.29 is 9.59 Å². The van der Waals surface area contributed by atoms with Crippen LogP contribution in [0.5, 0.6) is 0 Å². The van der Waals surface area contributed by atoms with E-state index in [4.69, 9.17) is 0 Å². The molecule has 0 N–H and O–H groups in total. The van der Waals surface area contributed by atoms with Gasteiger partial charge in [-0.2, -0.15) is 0 Å². The molecule has 2 fully saturated rings. The van der Waals surface area contributed by atoms with E-state index in [1.807, 2.05) is 25.7 Å². The highest BCUT2D eigenvalue weighted by atomic mass is 16.2. The van der Waals surface area contributed by atoms with E-state index in [1.54, 1.807) is 0 Å². The van der Waals surface area contributed by atoms with Gasteiger partial charge in [-0.25, -0.2) is 0 Å². The number of carbonyl (C=O) groups excluding carboxylic acids is 2.